The number of aryl methyl sites for hydroxylation is 2. The van der Waals surface area contributed by atoms with Gasteiger partial charge in [-0.25, -0.2) is 4.98 Å². The number of ketones is 1. The van der Waals surface area contributed by atoms with Gasteiger partial charge >= 0.3 is 0 Å². The molecule has 0 spiro atoms. The Balaban J connectivity index is 3.15. The van der Waals surface area contributed by atoms with Gasteiger partial charge in [0.2, 0.25) is 11.7 Å². The molecule has 82 valence electrons. The minimum Gasteiger partial charge on any atom is -0.368 e. The van der Waals surface area contributed by atoms with E-state index in [9.17, 15) is 9.59 Å². The first-order chi connectivity index (χ1) is 6.76. The lowest BCUT2D eigenvalue weighted by atomic mass is 9.95. The van der Waals surface area contributed by atoms with Crippen molar-refractivity contribution in [1.29, 1.82) is 0 Å². The molecule has 0 aliphatic heterocycles. The third-order valence-electron chi connectivity index (χ3n) is 2.09. The molecule has 1 rings (SSSR count). The van der Waals surface area contributed by atoms with Crippen molar-refractivity contribution in [3.05, 3.63) is 15.6 Å². The zero-order chi connectivity index (χ0) is 11.8. The summed E-state index contributed by atoms with van der Waals surface area (Å²) in [6.07, 6.45) is 0. The maximum absolute atomic E-state index is 11.9. The lowest BCUT2D eigenvalue weighted by Crippen LogP contribution is -2.55. The van der Waals surface area contributed by atoms with Gasteiger partial charge in [-0.2, -0.15) is 0 Å². The fourth-order valence-corrected chi connectivity index (χ4v) is 2.07. The van der Waals surface area contributed by atoms with Crippen LogP contribution in [0.2, 0.25) is 0 Å². The second-order valence-electron chi connectivity index (χ2n) is 3.54. The predicted octanol–water partition coefficient (Wildman–Crippen LogP) is 0.145. The van der Waals surface area contributed by atoms with E-state index in [2.05, 4.69) is 4.98 Å². The van der Waals surface area contributed by atoms with Crippen molar-refractivity contribution in [2.75, 3.05) is 0 Å². The summed E-state index contributed by atoms with van der Waals surface area (Å²) in [6.45, 7) is 4.80. The Morgan fingerprint density at radius 3 is 2.27 bits per heavy atom. The molecule has 0 aliphatic rings. The zero-order valence-electron chi connectivity index (χ0n) is 8.83. The number of hydrogen-bond donors (Lipinski definition) is 2. The number of carbonyl (C=O) groups excluding carboxylic acids is 2. The number of aromatic nitrogens is 1. The van der Waals surface area contributed by atoms with Gasteiger partial charge in [-0.1, -0.05) is 0 Å². The smallest absolute Gasteiger partial charge is 0.245 e. The van der Waals surface area contributed by atoms with Gasteiger partial charge in [0.05, 0.1) is 15.6 Å². The Morgan fingerprint density at radius 1 is 1.40 bits per heavy atom. The Kier molecular flexibility index (Phi) is 2.92. The molecule has 0 aliphatic carbocycles. The van der Waals surface area contributed by atoms with Gasteiger partial charge in [-0.15, -0.1) is 11.3 Å². The highest BCUT2D eigenvalue weighted by Gasteiger charge is 2.37. The first-order valence-corrected chi connectivity index (χ1v) is 5.16. The topological polar surface area (TPSA) is 99.1 Å². The molecule has 0 unspecified atom stereocenters. The number of thiazole rings is 1. The van der Waals surface area contributed by atoms with Crippen LogP contribution in [0.5, 0.6) is 0 Å². The average Bonchev–Trinajstić information content (AvgIpc) is 2.43. The number of hydrogen-bond acceptors (Lipinski definition) is 5. The summed E-state index contributed by atoms with van der Waals surface area (Å²) in [5.74, 6) is -1.31. The van der Waals surface area contributed by atoms with Crippen LogP contribution in [-0.2, 0) is 4.79 Å². The quantitative estimate of drug-likeness (QED) is 0.567. The van der Waals surface area contributed by atoms with E-state index in [1.54, 1.807) is 13.8 Å². The molecule has 5 nitrogen and oxygen atoms in total. The van der Waals surface area contributed by atoms with E-state index in [-0.39, 0.29) is 0 Å². The Bertz CT molecular complexity index is 423. The van der Waals surface area contributed by atoms with Crippen LogP contribution in [0.3, 0.4) is 0 Å². The van der Waals surface area contributed by atoms with Crippen LogP contribution in [0.1, 0.15) is 27.3 Å². The fraction of sp³-hybridized carbons (Fsp3) is 0.444. The second-order valence-corrected chi connectivity index (χ2v) is 4.75. The summed E-state index contributed by atoms with van der Waals surface area (Å²) in [6, 6.07) is 0. The highest BCUT2D eigenvalue weighted by molar-refractivity contribution is 7.13. The highest BCUT2D eigenvalue weighted by atomic mass is 32.1. The normalized spacial score (nSPS) is 14.7. The summed E-state index contributed by atoms with van der Waals surface area (Å²) in [5, 5.41) is 0.760. The molecule has 1 amide bonds. The van der Waals surface area contributed by atoms with Crippen molar-refractivity contribution in [1.82, 2.24) is 4.98 Å². The predicted molar refractivity (Wildman–Crippen MR) is 57.7 cm³/mol. The van der Waals surface area contributed by atoms with Gasteiger partial charge < -0.3 is 11.5 Å². The molecule has 0 radical (unpaired) electrons. The number of nitrogens with zero attached hydrogens (tertiary/aromatic N) is 1. The average molecular weight is 227 g/mol. The molecule has 0 bridgehead atoms. The van der Waals surface area contributed by atoms with Crippen LogP contribution in [0.25, 0.3) is 0 Å². The van der Waals surface area contributed by atoms with Gasteiger partial charge in [0.1, 0.15) is 0 Å². The van der Waals surface area contributed by atoms with Crippen LogP contribution in [0, 0.1) is 13.8 Å². The molecule has 1 heterocycles. The number of rotatable bonds is 3. The third-order valence-corrected chi connectivity index (χ3v) is 3.16. The largest absolute Gasteiger partial charge is 0.368 e. The summed E-state index contributed by atoms with van der Waals surface area (Å²) in [4.78, 5) is 27.4. The fourth-order valence-electron chi connectivity index (χ4n) is 1.09. The number of Topliss-reactive ketones (excluding diaryl/α,β-unsaturated/α-hetero) is 1. The van der Waals surface area contributed by atoms with Crippen LogP contribution in [-0.4, -0.2) is 22.2 Å². The zero-order valence-corrected chi connectivity index (χ0v) is 9.64. The van der Waals surface area contributed by atoms with E-state index in [0.717, 1.165) is 5.01 Å². The monoisotopic (exact) mass is 227 g/mol. The summed E-state index contributed by atoms with van der Waals surface area (Å²) < 4.78 is 0. The second kappa shape index (κ2) is 3.71. The molecular formula is C9H13N3O2S. The van der Waals surface area contributed by atoms with E-state index in [4.69, 9.17) is 11.5 Å². The van der Waals surface area contributed by atoms with E-state index in [0.29, 0.717) is 10.6 Å². The lowest BCUT2D eigenvalue weighted by molar-refractivity contribution is -0.121. The molecule has 6 heteroatoms. The van der Waals surface area contributed by atoms with Gasteiger partial charge in [-0.05, 0) is 20.8 Å². The molecular weight excluding hydrogens is 214 g/mol. The Hall–Kier alpha value is -1.27. The van der Waals surface area contributed by atoms with Gasteiger partial charge in [0.15, 0.2) is 5.54 Å². The van der Waals surface area contributed by atoms with Crippen molar-refractivity contribution < 1.29 is 9.59 Å². The van der Waals surface area contributed by atoms with Crippen molar-refractivity contribution in [2.24, 2.45) is 11.5 Å². The maximum Gasteiger partial charge on any atom is 0.245 e. The summed E-state index contributed by atoms with van der Waals surface area (Å²) in [7, 11) is 0. The van der Waals surface area contributed by atoms with Crippen molar-refractivity contribution in [3.8, 4) is 0 Å². The highest BCUT2D eigenvalue weighted by Crippen LogP contribution is 2.21. The van der Waals surface area contributed by atoms with E-state index < -0.39 is 17.2 Å². The van der Waals surface area contributed by atoms with Gasteiger partial charge in [0, 0.05) is 0 Å². The van der Waals surface area contributed by atoms with Crippen molar-refractivity contribution >= 4 is 23.0 Å². The number of primary amides is 1. The van der Waals surface area contributed by atoms with Crippen LogP contribution in [0.15, 0.2) is 0 Å². The maximum atomic E-state index is 11.9. The van der Waals surface area contributed by atoms with Crippen LogP contribution in [0.4, 0.5) is 0 Å². The minimum absolute atomic E-state index is 0.399. The van der Waals surface area contributed by atoms with Crippen molar-refractivity contribution in [3.63, 3.8) is 0 Å². The van der Waals surface area contributed by atoms with E-state index >= 15 is 0 Å². The molecule has 1 aromatic rings. The van der Waals surface area contributed by atoms with Gasteiger partial charge in [-0.3, -0.25) is 9.59 Å². The number of amides is 1. The molecule has 1 aromatic heterocycles. The summed E-state index contributed by atoms with van der Waals surface area (Å²) in [5.41, 5.74) is 9.55. The number of nitrogens with two attached hydrogens (primary N) is 2. The molecule has 0 saturated carbocycles. The molecule has 1 atom stereocenters. The van der Waals surface area contributed by atoms with Crippen molar-refractivity contribution in [2.45, 2.75) is 26.3 Å². The molecule has 15 heavy (non-hydrogen) atoms. The van der Waals surface area contributed by atoms with Crippen LogP contribution < -0.4 is 11.5 Å². The third kappa shape index (κ3) is 2.05. The minimum atomic E-state index is -1.66. The van der Waals surface area contributed by atoms with E-state index in [1.165, 1.54) is 18.3 Å². The first kappa shape index (κ1) is 11.8. The summed E-state index contributed by atoms with van der Waals surface area (Å²) >= 11 is 1.22. The van der Waals surface area contributed by atoms with E-state index in [1.807, 2.05) is 0 Å². The first-order valence-electron chi connectivity index (χ1n) is 4.34. The van der Waals surface area contributed by atoms with Crippen LogP contribution >= 0.6 is 11.3 Å². The molecule has 0 saturated heterocycles. The molecule has 0 aromatic carbocycles. The van der Waals surface area contributed by atoms with Gasteiger partial charge in [0.25, 0.3) is 0 Å². The molecule has 4 N–H and O–H groups in total. The molecule has 0 fully saturated rings. The standard InChI is InChI=1S/C9H13N3O2S/c1-4-6(15-5(2)12-4)7(13)9(3,11)8(10)14/h11H2,1-3H3,(H2,10,14)/t9-/m0/s1. The Morgan fingerprint density at radius 2 is 1.93 bits per heavy atom. The number of carbonyl (C=O) groups is 2. The lowest BCUT2D eigenvalue weighted by Gasteiger charge is -2.17. The SMILES string of the molecule is Cc1nc(C)c(C(=O)[C@](C)(N)C(N)=O)s1. The Labute approximate surface area is 91.5 Å².